The van der Waals surface area contributed by atoms with Crippen LogP contribution in [-0.4, -0.2) is 29.6 Å². The lowest BCUT2D eigenvalue weighted by molar-refractivity contribution is -0.113. The summed E-state index contributed by atoms with van der Waals surface area (Å²) in [7, 11) is 1.35. The molecule has 2 heterocycles. The minimum Gasteiger partial charge on any atom is -0.465 e. The number of halogens is 1. The molecule has 1 saturated heterocycles. The fourth-order valence-corrected chi connectivity index (χ4v) is 4.10. The highest BCUT2D eigenvalue weighted by molar-refractivity contribution is 6.31. The third-order valence-electron chi connectivity index (χ3n) is 5.59. The van der Waals surface area contributed by atoms with E-state index in [1.165, 1.54) is 7.11 Å². The minimum atomic E-state index is -0.517. The van der Waals surface area contributed by atoms with Crippen molar-refractivity contribution >= 4 is 41.3 Å². The van der Waals surface area contributed by atoms with E-state index in [0.29, 0.717) is 16.3 Å². The third kappa shape index (κ3) is 4.03. The molecule has 33 heavy (non-hydrogen) atoms. The van der Waals surface area contributed by atoms with E-state index in [2.05, 4.69) is 5.32 Å². The summed E-state index contributed by atoms with van der Waals surface area (Å²) in [6.45, 7) is 5.81. The molecule has 0 spiro atoms. The van der Waals surface area contributed by atoms with Gasteiger partial charge in [0, 0.05) is 22.1 Å². The summed E-state index contributed by atoms with van der Waals surface area (Å²) in [5, 5.41) is 3.17. The van der Waals surface area contributed by atoms with Gasteiger partial charge in [0.05, 0.1) is 18.4 Å². The normalized spacial score (nSPS) is 14.7. The molecule has 7 nitrogen and oxygen atoms in total. The van der Waals surface area contributed by atoms with Gasteiger partial charge in [-0.05, 0) is 86.5 Å². The Morgan fingerprint density at radius 1 is 1.03 bits per heavy atom. The maximum atomic E-state index is 13.0. The number of carbonyl (C=O) groups is 3. The molecule has 0 aliphatic carbocycles. The smallest absolute Gasteiger partial charge is 0.337 e. The lowest BCUT2D eigenvalue weighted by atomic mass is 10.1. The lowest BCUT2D eigenvalue weighted by Gasteiger charge is -2.14. The fourth-order valence-electron chi connectivity index (χ4n) is 3.97. The summed E-state index contributed by atoms with van der Waals surface area (Å²) in [5.74, 6) is -0.831. The summed E-state index contributed by atoms with van der Waals surface area (Å²) in [6.07, 6.45) is 1.67. The maximum Gasteiger partial charge on any atom is 0.337 e. The second kappa shape index (κ2) is 8.60. The Hall–Kier alpha value is -3.84. The molecular formula is C25H22ClN3O4. The first-order chi connectivity index (χ1) is 15.7. The predicted octanol–water partition coefficient (Wildman–Crippen LogP) is 4.94. The van der Waals surface area contributed by atoms with E-state index in [1.807, 2.05) is 37.5 Å². The van der Waals surface area contributed by atoms with Crippen molar-refractivity contribution < 1.29 is 19.1 Å². The second-order valence-electron chi connectivity index (χ2n) is 7.76. The Kier molecular flexibility index (Phi) is 5.82. The topological polar surface area (TPSA) is 80.6 Å². The highest BCUT2D eigenvalue weighted by Gasteiger charge is 2.35. The van der Waals surface area contributed by atoms with Crippen LogP contribution in [0.1, 0.15) is 32.9 Å². The monoisotopic (exact) mass is 463 g/mol. The van der Waals surface area contributed by atoms with Gasteiger partial charge >= 0.3 is 12.0 Å². The minimum absolute atomic E-state index is 0.188. The number of amides is 3. The number of nitrogens with one attached hydrogen (secondary N) is 1. The van der Waals surface area contributed by atoms with Gasteiger partial charge in [0.15, 0.2) is 0 Å². The van der Waals surface area contributed by atoms with Gasteiger partial charge in [0.2, 0.25) is 0 Å². The maximum absolute atomic E-state index is 13.0. The Balaban J connectivity index is 1.69. The van der Waals surface area contributed by atoms with Crippen molar-refractivity contribution in [1.82, 2.24) is 9.88 Å². The number of hydrogen-bond donors (Lipinski definition) is 1. The van der Waals surface area contributed by atoms with Gasteiger partial charge in [0.1, 0.15) is 5.70 Å². The van der Waals surface area contributed by atoms with Crippen molar-refractivity contribution in [2.75, 3.05) is 12.0 Å². The quantitative estimate of drug-likeness (QED) is 0.337. The standard InChI is InChI=1S/C25H22ClN3O4/c1-14-11-17(24(31)33-4)5-10-22(14)28-15(2)12-18(16(28)3)13-21-23(30)29(25(32)27-21)20-8-6-19(26)7-9-20/h5-13H,1-4H3,(H,27,32)/b21-13+. The van der Waals surface area contributed by atoms with Gasteiger partial charge in [-0.15, -0.1) is 0 Å². The van der Waals surface area contributed by atoms with Crippen molar-refractivity contribution in [3.05, 3.63) is 87.3 Å². The Morgan fingerprint density at radius 3 is 2.36 bits per heavy atom. The molecular weight excluding hydrogens is 442 g/mol. The number of ether oxygens (including phenoxy) is 1. The fraction of sp³-hybridized carbons (Fsp3) is 0.160. The number of esters is 1. The highest BCUT2D eigenvalue weighted by atomic mass is 35.5. The average molecular weight is 464 g/mol. The molecule has 0 radical (unpaired) electrons. The van der Waals surface area contributed by atoms with Crippen molar-refractivity contribution in [2.45, 2.75) is 20.8 Å². The molecule has 0 unspecified atom stereocenters. The molecule has 0 atom stereocenters. The summed E-state index contributed by atoms with van der Waals surface area (Å²) >= 11 is 5.91. The number of carbonyl (C=O) groups excluding carboxylic acids is 3. The van der Waals surface area contributed by atoms with Crippen LogP contribution in [0.4, 0.5) is 10.5 Å². The molecule has 8 heteroatoms. The Labute approximate surface area is 196 Å². The van der Waals surface area contributed by atoms with Crippen LogP contribution in [0.5, 0.6) is 0 Å². The predicted molar refractivity (Wildman–Crippen MR) is 127 cm³/mol. The molecule has 2 aromatic carbocycles. The molecule has 1 aliphatic heterocycles. The van der Waals surface area contributed by atoms with Gasteiger partial charge in [-0.25, -0.2) is 14.5 Å². The van der Waals surface area contributed by atoms with E-state index in [1.54, 1.807) is 42.5 Å². The Morgan fingerprint density at radius 2 is 1.73 bits per heavy atom. The van der Waals surface area contributed by atoms with Crippen molar-refractivity contribution in [1.29, 1.82) is 0 Å². The number of aryl methyl sites for hydroxylation is 2. The van der Waals surface area contributed by atoms with Crippen LogP contribution in [0, 0.1) is 20.8 Å². The molecule has 1 fully saturated rings. The number of urea groups is 1. The van der Waals surface area contributed by atoms with E-state index in [4.69, 9.17) is 16.3 Å². The number of imide groups is 1. The largest absolute Gasteiger partial charge is 0.465 e. The lowest BCUT2D eigenvalue weighted by Crippen LogP contribution is -2.30. The highest BCUT2D eigenvalue weighted by Crippen LogP contribution is 2.28. The van der Waals surface area contributed by atoms with Gasteiger partial charge in [0.25, 0.3) is 5.91 Å². The number of anilines is 1. The molecule has 168 valence electrons. The first-order valence-electron chi connectivity index (χ1n) is 10.2. The number of rotatable bonds is 4. The molecule has 3 amide bonds. The molecule has 1 N–H and O–H groups in total. The number of hydrogen-bond acceptors (Lipinski definition) is 4. The number of benzene rings is 2. The van der Waals surface area contributed by atoms with Crippen LogP contribution < -0.4 is 10.2 Å². The second-order valence-corrected chi connectivity index (χ2v) is 8.20. The van der Waals surface area contributed by atoms with Gasteiger partial charge in [-0.3, -0.25) is 4.79 Å². The summed E-state index contributed by atoms with van der Waals surface area (Å²) < 4.78 is 6.84. The molecule has 3 aromatic rings. The zero-order chi connectivity index (χ0) is 23.9. The zero-order valence-electron chi connectivity index (χ0n) is 18.6. The van der Waals surface area contributed by atoms with Gasteiger partial charge in [-0.2, -0.15) is 0 Å². The van der Waals surface area contributed by atoms with Crippen LogP contribution in [0.3, 0.4) is 0 Å². The molecule has 0 saturated carbocycles. The van der Waals surface area contributed by atoms with Crippen molar-refractivity contribution in [2.24, 2.45) is 0 Å². The van der Waals surface area contributed by atoms with Crippen LogP contribution in [0.2, 0.25) is 5.02 Å². The van der Waals surface area contributed by atoms with Gasteiger partial charge < -0.3 is 14.6 Å². The van der Waals surface area contributed by atoms with E-state index in [0.717, 1.165) is 33.1 Å². The Bertz CT molecular complexity index is 1320. The van der Waals surface area contributed by atoms with Crippen LogP contribution in [0.15, 0.2) is 54.2 Å². The van der Waals surface area contributed by atoms with Gasteiger partial charge in [-0.1, -0.05) is 11.6 Å². The number of aromatic nitrogens is 1. The molecule has 1 aliphatic rings. The van der Waals surface area contributed by atoms with E-state index >= 15 is 0 Å². The number of nitrogens with zero attached hydrogens (tertiary/aromatic N) is 2. The van der Waals surface area contributed by atoms with Crippen LogP contribution in [-0.2, 0) is 9.53 Å². The molecule has 4 rings (SSSR count). The summed E-state index contributed by atoms with van der Waals surface area (Å²) in [5.41, 5.74) is 5.55. The SMILES string of the molecule is COC(=O)c1ccc(-n2c(C)cc(/C=C3/NC(=O)N(c4ccc(Cl)cc4)C3=O)c2C)c(C)c1. The molecule has 0 bridgehead atoms. The van der Waals surface area contributed by atoms with Crippen molar-refractivity contribution in [3.63, 3.8) is 0 Å². The summed E-state index contributed by atoms with van der Waals surface area (Å²) in [4.78, 5) is 38.4. The van der Waals surface area contributed by atoms with Crippen LogP contribution in [0.25, 0.3) is 11.8 Å². The first-order valence-corrected chi connectivity index (χ1v) is 10.6. The first kappa shape index (κ1) is 22.4. The molecule has 1 aromatic heterocycles. The van der Waals surface area contributed by atoms with E-state index in [9.17, 15) is 14.4 Å². The summed E-state index contributed by atoms with van der Waals surface area (Å²) in [6, 6.07) is 13.3. The third-order valence-corrected chi connectivity index (χ3v) is 5.84. The number of methoxy groups -OCH3 is 1. The average Bonchev–Trinajstić information content (AvgIpc) is 3.22. The van der Waals surface area contributed by atoms with Crippen LogP contribution >= 0.6 is 11.6 Å². The van der Waals surface area contributed by atoms with E-state index in [-0.39, 0.29) is 5.70 Å². The van der Waals surface area contributed by atoms with Crippen molar-refractivity contribution in [3.8, 4) is 5.69 Å². The zero-order valence-corrected chi connectivity index (χ0v) is 19.4. The van der Waals surface area contributed by atoms with E-state index < -0.39 is 17.9 Å².